The van der Waals surface area contributed by atoms with Crippen molar-refractivity contribution in [1.82, 2.24) is 5.32 Å². The molecule has 0 amide bonds. The number of ether oxygens (including phenoxy) is 1. The number of rotatable bonds is 4. The highest BCUT2D eigenvalue weighted by atomic mass is 19.1. The van der Waals surface area contributed by atoms with E-state index in [0.29, 0.717) is 12.4 Å². The molecule has 1 aliphatic rings. The Hall–Kier alpha value is -1.87. The van der Waals surface area contributed by atoms with Crippen LogP contribution in [0.1, 0.15) is 36.4 Å². The van der Waals surface area contributed by atoms with Gasteiger partial charge in [-0.2, -0.15) is 0 Å². The van der Waals surface area contributed by atoms with Crippen LogP contribution in [0.3, 0.4) is 0 Å². The molecule has 0 aromatic heterocycles. The van der Waals surface area contributed by atoms with Gasteiger partial charge in [0.05, 0.1) is 0 Å². The highest BCUT2D eigenvalue weighted by Crippen LogP contribution is 2.27. The Bertz CT molecular complexity index is 579. The van der Waals surface area contributed by atoms with E-state index in [1.807, 2.05) is 36.4 Å². The van der Waals surface area contributed by atoms with Crippen molar-refractivity contribution in [3.8, 4) is 5.75 Å². The van der Waals surface area contributed by atoms with E-state index in [1.165, 1.54) is 12.8 Å². The maximum atomic E-state index is 14.2. The SMILES string of the molecule is Fc1cc(C2CCCCN2)ccc1OCc1ccccc1. The molecule has 0 saturated carbocycles. The Morgan fingerprint density at radius 2 is 1.95 bits per heavy atom. The molecule has 0 aliphatic carbocycles. The van der Waals surface area contributed by atoms with Crippen LogP contribution in [0, 0.1) is 5.82 Å². The molecular formula is C18H20FNO. The zero-order chi connectivity index (χ0) is 14.5. The van der Waals surface area contributed by atoms with Crippen LogP contribution in [0.4, 0.5) is 4.39 Å². The van der Waals surface area contributed by atoms with Gasteiger partial charge in [-0.3, -0.25) is 0 Å². The molecule has 0 spiro atoms. The second-order valence-corrected chi connectivity index (χ2v) is 5.47. The number of hydrogen-bond donors (Lipinski definition) is 1. The highest BCUT2D eigenvalue weighted by Gasteiger charge is 2.16. The number of nitrogens with one attached hydrogen (secondary N) is 1. The van der Waals surface area contributed by atoms with Gasteiger partial charge >= 0.3 is 0 Å². The first kappa shape index (κ1) is 14.1. The molecule has 1 N–H and O–H groups in total. The summed E-state index contributed by atoms with van der Waals surface area (Å²) in [6.07, 6.45) is 3.48. The third-order valence-corrected chi connectivity index (χ3v) is 3.91. The molecule has 1 atom stereocenters. The average Bonchev–Trinajstić information content (AvgIpc) is 2.55. The molecule has 3 rings (SSSR count). The lowest BCUT2D eigenvalue weighted by atomic mass is 9.97. The number of piperidine rings is 1. The molecule has 3 heteroatoms. The van der Waals surface area contributed by atoms with Crippen LogP contribution in [-0.2, 0) is 6.61 Å². The van der Waals surface area contributed by atoms with Crippen molar-refractivity contribution in [1.29, 1.82) is 0 Å². The van der Waals surface area contributed by atoms with Gasteiger partial charge in [-0.1, -0.05) is 42.8 Å². The van der Waals surface area contributed by atoms with Crippen LogP contribution in [-0.4, -0.2) is 6.54 Å². The summed E-state index contributed by atoms with van der Waals surface area (Å²) in [5.74, 6) is 0.0363. The topological polar surface area (TPSA) is 21.3 Å². The van der Waals surface area contributed by atoms with Crippen molar-refractivity contribution in [3.63, 3.8) is 0 Å². The van der Waals surface area contributed by atoms with E-state index in [2.05, 4.69) is 5.32 Å². The Morgan fingerprint density at radius 1 is 1.10 bits per heavy atom. The van der Waals surface area contributed by atoms with Crippen molar-refractivity contribution in [2.24, 2.45) is 0 Å². The molecule has 0 radical (unpaired) electrons. The molecule has 1 saturated heterocycles. The van der Waals surface area contributed by atoms with Crippen LogP contribution < -0.4 is 10.1 Å². The lowest BCUT2D eigenvalue weighted by Crippen LogP contribution is -2.26. The molecule has 2 aromatic carbocycles. The fourth-order valence-electron chi connectivity index (χ4n) is 2.72. The number of benzene rings is 2. The van der Waals surface area contributed by atoms with Gasteiger partial charge in [0.15, 0.2) is 11.6 Å². The molecule has 1 unspecified atom stereocenters. The third kappa shape index (κ3) is 3.61. The Kier molecular flexibility index (Phi) is 4.51. The maximum absolute atomic E-state index is 14.2. The van der Waals surface area contributed by atoms with Crippen LogP contribution >= 0.6 is 0 Å². The van der Waals surface area contributed by atoms with Gasteiger partial charge in [-0.05, 0) is 42.6 Å². The summed E-state index contributed by atoms with van der Waals surface area (Å²) >= 11 is 0. The molecule has 2 nitrogen and oxygen atoms in total. The molecule has 1 heterocycles. The van der Waals surface area contributed by atoms with Crippen molar-refractivity contribution in [2.45, 2.75) is 31.9 Å². The van der Waals surface area contributed by atoms with E-state index in [1.54, 1.807) is 12.1 Å². The lowest BCUT2D eigenvalue weighted by Gasteiger charge is -2.24. The predicted molar refractivity (Wildman–Crippen MR) is 81.8 cm³/mol. The monoisotopic (exact) mass is 285 g/mol. The third-order valence-electron chi connectivity index (χ3n) is 3.91. The number of halogens is 1. The first-order valence-electron chi connectivity index (χ1n) is 7.52. The summed E-state index contributed by atoms with van der Waals surface area (Å²) in [5, 5.41) is 3.43. The van der Waals surface area contributed by atoms with Gasteiger partial charge in [0.25, 0.3) is 0 Å². The minimum atomic E-state index is -0.282. The summed E-state index contributed by atoms with van der Waals surface area (Å²) in [4.78, 5) is 0. The molecule has 1 aliphatic heterocycles. The first-order chi connectivity index (χ1) is 10.3. The summed E-state index contributed by atoms with van der Waals surface area (Å²) in [7, 11) is 0. The van der Waals surface area contributed by atoms with E-state index >= 15 is 0 Å². The second kappa shape index (κ2) is 6.72. The molecule has 2 aromatic rings. The highest BCUT2D eigenvalue weighted by molar-refractivity contribution is 5.31. The van der Waals surface area contributed by atoms with Gasteiger partial charge in [-0.15, -0.1) is 0 Å². The molecule has 1 fully saturated rings. The van der Waals surface area contributed by atoms with E-state index in [9.17, 15) is 4.39 Å². The van der Waals surface area contributed by atoms with Crippen LogP contribution in [0.15, 0.2) is 48.5 Å². The van der Waals surface area contributed by atoms with Crippen molar-refractivity contribution >= 4 is 0 Å². The van der Waals surface area contributed by atoms with E-state index in [-0.39, 0.29) is 11.9 Å². The molecular weight excluding hydrogens is 265 g/mol. The Morgan fingerprint density at radius 3 is 2.67 bits per heavy atom. The van der Waals surface area contributed by atoms with E-state index < -0.39 is 0 Å². The lowest BCUT2D eigenvalue weighted by molar-refractivity contribution is 0.289. The quantitative estimate of drug-likeness (QED) is 0.908. The fraction of sp³-hybridized carbons (Fsp3) is 0.333. The largest absolute Gasteiger partial charge is 0.486 e. The summed E-state index contributed by atoms with van der Waals surface area (Å²) in [6.45, 7) is 1.40. The molecule has 0 bridgehead atoms. The zero-order valence-corrected chi connectivity index (χ0v) is 12.0. The minimum Gasteiger partial charge on any atom is -0.486 e. The fourth-order valence-corrected chi connectivity index (χ4v) is 2.72. The maximum Gasteiger partial charge on any atom is 0.165 e. The van der Waals surface area contributed by atoms with E-state index in [4.69, 9.17) is 4.74 Å². The normalized spacial score (nSPS) is 18.4. The van der Waals surface area contributed by atoms with Crippen molar-refractivity contribution < 1.29 is 9.13 Å². The van der Waals surface area contributed by atoms with Crippen LogP contribution in [0.5, 0.6) is 5.75 Å². The smallest absolute Gasteiger partial charge is 0.165 e. The second-order valence-electron chi connectivity index (χ2n) is 5.47. The summed E-state index contributed by atoms with van der Waals surface area (Å²) in [5.41, 5.74) is 2.05. The van der Waals surface area contributed by atoms with Gasteiger partial charge < -0.3 is 10.1 Å². The number of hydrogen-bond acceptors (Lipinski definition) is 2. The van der Waals surface area contributed by atoms with Gasteiger partial charge in [-0.25, -0.2) is 4.39 Å². The van der Waals surface area contributed by atoms with Gasteiger partial charge in [0, 0.05) is 6.04 Å². The predicted octanol–water partition coefficient (Wildman–Crippen LogP) is 4.22. The van der Waals surface area contributed by atoms with E-state index in [0.717, 1.165) is 24.1 Å². The van der Waals surface area contributed by atoms with Crippen molar-refractivity contribution in [3.05, 3.63) is 65.5 Å². The van der Waals surface area contributed by atoms with Crippen LogP contribution in [0.25, 0.3) is 0 Å². The Labute approximate surface area is 125 Å². The standard InChI is InChI=1S/C18H20FNO/c19-16-12-15(17-8-4-5-11-20-17)9-10-18(16)21-13-14-6-2-1-3-7-14/h1-3,6-7,9-10,12,17,20H,4-5,8,11,13H2. The zero-order valence-electron chi connectivity index (χ0n) is 12.0. The van der Waals surface area contributed by atoms with Crippen molar-refractivity contribution in [2.75, 3.05) is 6.54 Å². The first-order valence-corrected chi connectivity index (χ1v) is 7.52. The summed E-state index contributed by atoms with van der Waals surface area (Å²) in [6, 6.07) is 15.4. The minimum absolute atomic E-state index is 0.274. The molecule has 21 heavy (non-hydrogen) atoms. The Balaban J connectivity index is 1.66. The summed E-state index contributed by atoms with van der Waals surface area (Å²) < 4.78 is 19.7. The van der Waals surface area contributed by atoms with Gasteiger partial charge in [0.1, 0.15) is 6.61 Å². The van der Waals surface area contributed by atoms with Gasteiger partial charge in [0.2, 0.25) is 0 Å². The van der Waals surface area contributed by atoms with Crippen LogP contribution in [0.2, 0.25) is 0 Å². The average molecular weight is 285 g/mol. The molecule has 110 valence electrons.